The molecule has 0 spiro atoms. The van der Waals surface area contributed by atoms with E-state index in [9.17, 15) is 0 Å². The van der Waals surface area contributed by atoms with Crippen LogP contribution in [-0.2, 0) is 30.6 Å². The second kappa shape index (κ2) is 12.2. The molecule has 0 bridgehead atoms. The Kier molecular flexibility index (Phi) is 11.3. The fourth-order valence-electron chi connectivity index (χ4n) is 4.77. The molecule has 0 amide bonds. The second-order valence-electron chi connectivity index (χ2n) is 10.7. The molecule has 179 valence electrons. The molecule has 1 nitrogen and oxygen atoms in total. The smallest absolute Gasteiger partial charge is 1.00 e. The Labute approximate surface area is 238 Å². The summed E-state index contributed by atoms with van der Waals surface area (Å²) in [7, 11) is -3.11. The maximum absolute atomic E-state index is 6.25. The molecule has 2 aliphatic carbocycles. The Hall–Kier alpha value is -0.483. The number of halogens is 2. The molecular formula is C28H35Cl2OSi2Zr. The van der Waals surface area contributed by atoms with Crippen molar-refractivity contribution in [3.05, 3.63) is 85.7 Å². The Morgan fingerprint density at radius 2 is 1.62 bits per heavy atom. The molecular weight excluding hydrogens is 571 g/mol. The van der Waals surface area contributed by atoms with Crippen LogP contribution in [0.1, 0.15) is 31.4 Å². The molecule has 0 saturated heterocycles. The first-order valence-electron chi connectivity index (χ1n) is 11.5. The standard InChI is InChI=1S/C28H35OSi2.2ClH.Zr/c1-20(2)22-15-16-24-23-12-9-8-11-21(23)19-26(24)28(22)25-13-10-14-27(25)31(6,7)18-17-29-30(3,4)5;;;/h8-12,14-16H,13,17-18H2,1-7H3;2*1H;/q-1;;;+3/p-2. The molecule has 0 unspecified atom stereocenters. The van der Waals surface area contributed by atoms with Crippen molar-refractivity contribution in [1.29, 1.82) is 0 Å². The average Bonchev–Trinajstić information content (AvgIpc) is 3.31. The summed E-state index contributed by atoms with van der Waals surface area (Å²) in [6.45, 7) is 17.2. The van der Waals surface area contributed by atoms with E-state index in [0.29, 0.717) is 0 Å². The predicted molar refractivity (Wildman–Crippen MR) is 139 cm³/mol. The van der Waals surface area contributed by atoms with Crippen molar-refractivity contribution < 1.29 is 55.4 Å². The van der Waals surface area contributed by atoms with Crippen LogP contribution < -0.4 is 35.3 Å². The topological polar surface area (TPSA) is 9.23 Å². The van der Waals surface area contributed by atoms with Crippen LogP contribution in [0.25, 0.3) is 17.2 Å². The third-order valence-corrected chi connectivity index (χ3v) is 10.9. The molecule has 0 fully saturated rings. The fourth-order valence-corrected chi connectivity index (χ4v) is 8.19. The van der Waals surface area contributed by atoms with E-state index in [2.05, 4.69) is 101 Å². The van der Waals surface area contributed by atoms with Crippen molar-refractivity contribution in [2.45, 2.75) is 59.0 Å². The maximum Gasteiger partial charge on any atom is 3.00 e. The molecule has 1 radical (unpaired) electrons. The minimum Gasteiger partial charge on any atom is -1.00 e. The fraction of sp³-hybridized carbons (Fsp3) is 0.357. The van der Waals surface area contributed by atoms with Gasteiger partial charge in [0.25, 0.3) is 0 Å². The van der Waals surface area contributed by atoms with E-state index < -0.39 is 16.4 Å². The van der Waals surface area contributed by atoms with Crippen LogP contribution >= 0.6 is 0 Å². The van der Waals surface area contributed by atoms with Gasteiger partial charge >= 0.3 is 26.2 Å². The van der Waals surface area contributed by atoms with E-state index in [-0.39, 0.29) is 51.0 Å². The molecule has 0 heterocycles. The third-order valence-electron chi connectivity index (χ3n) is 6.45. The van der Waals surface area contributed by atoms with E-state index in [1.165, 1.54) is 49.2 Å². The molecule has 4 rings (SSSR count). The van der Waals surface area contributed by atoms with E-state index >= 15 is 0 Å². The van der Waals surface area contributed by atoms with Gasteiger partial charge in [0.1, 0.15) is 0 Å². The first kappa shape index (κ1) is 31.5. The first-order valence-corrected chi connectivity index (χ1v) is 18.1. The Morgan fingerprint density at radius 1 is 0.941 bits per heavy atom. The van der Waals surface area contributed by atoms with Crippen molar-refractivity contribution >= 4 is 33.6 Å². The molecule has 0 aliphatic heterocycles. The minimum absolute atomic E-state index is 0. The van der Waals surface area contributed by atoms with Gasteiger partial charge in [-0.1, -0.05) is 82.7 Å². The van der Waals surface area contributed by atoms with E-state index in [4.69, 9.17) is 4.43 Å². The van der Waals surface area contributed by atoms with Gasteiger partial charge < -0.3 is 29.2 Å². The summed E-state index contributed by atoms with van der Waals surface area (Å²) in [4.78, 5) is 0. The largest absolute Gasteiger partial charge is 3.00 e. The van der Waals surface area contributed by atoms with Gasteiger partial charge in [0.15, 0.2) is 8.32 Å². The van der Waals surface area contributed by atoms with Gasteiger partial charge in [-0.25, -0.2) is 0 Å². The summed E-state index contributed by atoms with van der Waals surface area (Å²) in [6, 6.07) is 14.5. The third kappa shape index (κ3) is 6.44. The summed E-state index contributed by atoms with van der Waals surface area (Å²) in [5, 5.41) is 6.83. The number of hydrogen-bond donors (Lipinski definition) is 0. The number of benzene rings is 2. The van der Waals surface area contributed by atoms with E-state index in [1.54, 1.807) is 5.20 Å². The number of hydrogen-bond acceptors (Lipinski definition) is 1. The molecule has 2 aromatic carbocycles. The summed E-state index contributed by atoms with van der Waals surface area (Å²) >= 11 is 0. The summed E-state index contributed by atoms with van der Waals surface area (Å²) in [6.07, 6.45) is 9.59. The molecule has 0 aromatic heterocycles. The van der Waals surface area contributed by atoms with Gasteiger partial charge in [-0.05, 0) is 46.0 Å². The quantitative estimate of drug-likeness (QED) is 0.284. The van der Waals surface area contributed by atoms with Crippen molar-refractivity contribution in [3.63, 3.8) is 0 Å². The zero-order valence-electron chi connectivity index (χ0n) is 21.4. The van der Waals surface area contributed by atoms with E-state index in [0.717, 1.165) is 13.0 Å². The normalized spacial score (nSPS) is 13.9. The van der Waals surface area contributed by atoms with Gasteiger partial charge in [-0.3, -0.25) is 0 Å². The first-order chi connectivity index (χ1) is 14.6. The monoisotopic (exact) mass is 603 g/mol. The van der Waals surface area contributed by atoms with Crippen molar-refractivity contribution in [2.75, 3.05) is 6.61 Å². The van der Waals surface area contributed by atoms with Gasteiger partial charge in [-0.2, -0.15) is 0 Å². The molecule has 0 saturated carbocycles. The molecule has 34 heavy (non-hydrogen) atoms. The van der Waals surface area contributed by atoms with Crippen LogP contribution in [0.3, 0.4) is 0 Å². The van der Waals surface area contributed by atoms with Crippen LogP contribution in [0.5, 0.6) is 0 Å². The average molecular weight is 606 g/mol. The summed E-state index contributed by atoms with van der Waals surface area (Å²) in [5.74, 6) is 0. The molecule has 0 N–H and O–H groups in total. The van der Waals surface area contributed by atoms with Crippen LogP contribution in [0.15, 0.2) is 53.7 Å². The summed E-state index contributed by atoms with van der Waals surface area (Å²) in [5.41, 5.74) is 5.61. The predicted octanol–water partition coefficient (Wildman–Crippen LogP) is 0.00138. The Balaban J connectivity index is 0.00000193. The van der Waals surface area contributed by atoms with Crippen molar-refractivity contribution in [3.8, 4) is 0 Å². The number of allylic oxidation sites excluding steroid dienone is 4. The van der Waals surface area contributed by atoms with Gasteiger partial charge in [0.2, 0.25) is 0 Å². The van der Waals surface area contributed by atoms with Gasteiger partial charge in [-0.15, -0.1) is 33.4 Å². The zero-order chi connectivity index (χ0) is 22.4. The Morgan fingerprint density at radius 3 is 2.26 bits per heavy atom. The SMILES string of the molecule is CC(C)=c1ccc2c(c1C1=C([Si](C)(C)CCO[Si](C)(C)C)C=CC1)[C-]=c1ccccc1=2.[Cl-].[Cl-].[Zr+3]. The van der Waals surface area contributed by atoms with E-state index in [1.807, 2.05) is 0 Å². The van der Waals surface area contributed by atoms with Crippen LogP contribution in [0.4, 0.5) is 0 Å². The molecule has 2 aromatic rings. The zero-order valence-corrected chi connectivity index (χ0v) is 27.4. The van der Waals surface area contributed by atoms with Crippen molar-refractivity contribution in [2.24, 2.45) is 0 Å². The second-order valence-corrected chi connectivity index (χ2v) is 20.0. The molecule has 2 aliphatic rings. The Bertz CT molecular complexity index is 1320. The van der Waals surface area contributed by atoms with Gasteiger partial charge in [0, 0.05) is 6.61 Å². The number of fused-ring (bicyclic) bond motifs is 2. The summed E-state index contributed by atoms with van der Waals surface area (Å²) < 4.78 is 6.25. The minimum atomic E-state index is -1.63. The molecule has 0 atom stereocenters. The van der Waals surface area contributed by atoms with Crippen LogP contribution in [-0.4, -0.2) is 23.0 Å². The van der Waals surface area contributed by atoms with Crippen LogP contribution in [0.2, 0.25) is 38.8 Å². The van der Waals surface area contributed by atoms with Crippen LogP contribution in [0, 0.1) is 10.4 Å². The maximum atomic E-state index is 6.25. The van der Waals surface area contributed by atoms with Crippen molar-refractivity contribution in [1.82, 2.24) is 0 Å². The number of rotatable bonds is 6. The van der Waals surface area contributed by atoms with Gasteiger partial charge in [0.05, 0.1) is 8.07 Å². The molecule has 6 heteroatoms.